The predicted molar refractivity (Wildman–Crippen MR) is 70.1 cm³/mol. The molecule has 0 aliphatic heterocycles. The quantitative estimate of drug-likeness (QED) is 0.335. The summed E-state index contributed by atoms with van der Waals surface area (Å²) in [6.45, 7) is 0. The molecule has 0 bridgehead atoms. The number of oxime groups is 1. The maximum Gasteiger partial charge on any atom is 0.273 e. The van der Waals surface area contributed by atoms with E-state index in [1.54, 1.807) is 7.05 Å². The molecule has 104 valence electrons. The van der Waals surface area contributed by atoms with E-state index in [2.05, 4.69) is 15.6 Å². The van der Waals surface area contributed by atoms with E-state index in [0.29, 0.717) is 5.69 Å². The molecule has 0 aliphatic carbocycles. The summed E-state index contributed by atoms with van der Waals surface area (Å²) >= 11 is 0. The number of aromatic nitrogens is 2. The second-order valence-electron chi connectivity index (χ2n) is 3.97. The number of amidine groups is 1. The fourth-order valence-electron chi connectivity index (χ4n) is 1.67. The van der Waals surface area contributed by atoms with Gasteiger partial charge < -0.3 is 16.3 Å². The van der Waals surface area contributed by atoms with E-state index in [4.69, 9.17) is 10.9 Å². The Balaban J connectivity index is 2.35. The van der Waals surface area contributed by atoms with Gasteiger partial charge in [0.15, 0.2) is 5.84 Å². The van der Waals surface area contributed by atoms with Gasteiger partial charge in [0.2, 0.25) is 0 Å². The third-order valence-corrected chi connectivity index (χ3v) is 2.67. The molecule has 8 heteroatoms. The summed E-state index contributed by atoms with van der Waals surface area (Å²) in [5, 5.41) is 17.9. The van der Waals surface area contributed by atoms with E-state index >= 15 is 0 Å². The minimum atomic E-state index is -0.565. The Morgan fingerprint density at radius 1 is 1.50 bits per heavy atom. The van der Waals surface area contributed by atoms with Crippen molar-refractivity contribution in [3.8, 4) is 0 Å². The van der Waals surface area contributed by atoms with Crippen molar-refractivity contribution in [2.75, 3.05) is 5.32 Å². The van der Waals surface area contributed by atoms with Gasteiger partial charge in [-0.05, 0) is 24.3 Å². The number of nitrogens with one attached hydrogen (secondary N) is 1. The zero-order valence-electron chi connectivity index (χ0n) is 10.5. The van der Waals surface area contributed by atoms with E-state index in [1.807, 2.05) is 0 Å². The van der Waals surface area contributed by atoms with Crippen LogP contribution in [-0.2, 0) is 7.05 Å². The van der Waals surface area contributed by atoms with Gasteiger partial charge in [-0.3, -0.25) is 9.48 Å². The van der Waals surface area contributed by atoms with Crippen LogP contribution in [0.1, 0.15) is 16.1 Å². The number of nitrogens with zero attached hydrogens (tertiary/aromatic N) is 3. The predicted octanol–water partition coefficient (Wildman–Crippen LogP) is 0.906. The number of amides is 1. The average Bonchev–Trinajstić information content (AvgIpc) is 2.86. The summed E-state index contributed by atoms with van der Waals surface area (Å²) in [6, 6.07) is 5.08. The molecule has 1 heterocycles. The molecule has 2 aromatic rings. The number of hydrogen-bond acceptors (Lipinski definition) is 4. The highest BCUT2D eigenvalue weighted by molar-refractivity contribution is 6.09. The van der Waals surface area contributed by atoms with Crippen molar-refractivity contribution in [3.63, 3.8) is 0 Å². The normalized spacial score (nSPS) is 11.4. The van der Waals surface area contributed by atoms with Crippen LogP contribution in [0.4, 0.5) is 10.1 Å². The number of nitrogens with two attached hydrogens (primary N) is 1. The van der Waals surface area contributed by atoms with Crippen molar-refractivity contribution in [1.29, 1.82) is 0 Å². The second kappa shape index (κ2) is 5.39. The summed E-state index contributed by atoms with van der Waals surface area (Å²) < 4.78 is 14.6. The van der Waals surface area contributed by atoms with Crippen LogP contribution in [0.25, 0.3) is 0 Å². The van der Waals surface area contributed by atoms with E-state index in [9.17, 15) is 9.18 Å². The molecule has 0 fully saturated rings. The van der Waals surface area contributed by atoms with Gasteiger partial charge in [0.05, 0.1) is 5.69 Å². The lowest BCUT2D eigenvalue weighted by molar-refractivity contribution is 0.101. The molecule has 0 atom stereocenters. The number of rotatable bonds is 3. The van der Waals surface area contributed by atoms with Crippen molar-refractivity contribution in [3.05, 3.63) is 47.5 Å². The van der Waals surface area contributed by atoms with Gasteiger partial charge in [0.25, 0.3) is 5.91 Å². The van der Waals surface area contributed by atoms with E-state index in [0.717, 1.165) is 12.1 Å². The number of hydrogen-bond donors (Lipinski definition) is 3. The number of benzene rings is 1. The summed E-state index contributed by atoms with van der Waals surface area (Å²) in [7, 11) is 1.62. The third-order valence-electron chi connectivity index (χ3n) is 2.67. The largest absolute Gasteiger partial charge is 0.409 e. The SMILES string of the molecule is Cn1nccc1C(=O)Nc1ccc(F)cc1/C(N)=N/O. The van der Waals surface area contributed by atoms with Crippen molar-refractivity contribution in [2.45, 2.75) is 0 Å². The number of halogens is 1. The van der Waals surface area contributed by atoms with Crippen LogP contribution in [0.5, 0.6) is 0 Å². The molecule has 7 nitrogen and oxygen atoms in total. The molecule has 20 heavy (non-hydrogen) atoms. The lowest BCUT2D eigenvalue weighted by Crippen LogP contribution is -2.21. The maximum absolute atomic E-state index is 13.2. The zero-order chi connectivity index (χ0) is 14.7. The van der Waals surface area contributed by atoms with Gasteiger partial charge in [0, 0.05) is 18.8 Å². The number of carbonyl (C=O) groups is 1. The molecule has 0 spiro atoms. The topological polar surface area (TPSA) is 106 Å². The maximum atomic E-state index is 13.2. The molecule has 0 unspecified atom stereocenters. The van der Waals surface area contributed by atoms with Crippen molar-refractivity contribution >= 4 is 17.4 Å². The minimum Gasteiger partial charge on any atom is -0.409 e. The Morgan fingerprint density at radius 2 is 2.25 bits per heavy atom. The third kappa shape index (κ3) is 2.58. The molecule has 0 saturated heterocycles. The molecule has 1 aromatic heterocycles. The number of carbonyl (C=O) groups excluding carboxylic acids is 1. The molecule has 0 saturated carbocycles. The first-order valence-corrected chi connectivity index (χ1v) is 5.59. The molecule has 1 amide bonds. The highest BCUT2D eigenvalue weighted by Gasteiger charge is 2.14. The first-order valence-electron chi connectivity index (χ1n) is 5.59. The summed E-state index contributed by atoms with van der Waals surface area (Å²) in [5.74, 6) is -1.31. The monoisotopic (exact) mass is 277 g/mol. The van der Waals surface area contributed by atoms with Gasteiger partial charge >= 0.3 is 0 Å². The molecule has 1 aromatic carbocycles. The number of anilines is 1. The summed E-state index contributed by atoms with van der Waals surface area (Å²) in [6.07, 6.45) is 1.48. The molecule has 4 N–H and O–H groups in total. The van der Waals surface area contributed by atoms with Crippen LogP contribution in [0.15, 0.2) is 35.6 Å². The van der Waals surface area contributed by atoms with Crippen LogP contribution in [-0.4, -0.2) is 26.7 Å². The van der Waals surface area contributed by atoms with Crippen molar-refractivity contribution in [1.82, 2.24) is 9.78 Å². The van der Waals surface area contributed by atoms with Crippen molar-refractivity contribution in [2.24, 2.45) is 17.9 Å². The van der Waals surface area contributed by atoms with Gasteiger partial charge in [-0.2, -0.15) is 5.10 Å². The molecule has 2 rings (SSSR count). The first kappa shape index (κ1) is 13.5. The van der Waals surface area contributed by atoms with Crippen molar-refractivity contribution < 1.29 is 14.4 Å². The van der Waals surface area contributed by atoms with Crippen LogP contribution >= 0.6 is 0 Å². The lowest BCUT2D eigenvalue weighted by atomic mass is 10.1. The van der Waals surface area contributed by atoms with Crippen LogP contribution in [0, 0.1) is 5.82 Å². The Labute approximate surface area is 113 Å². The highest BCUT2D eigenvalue weighted by Crippen LogP contribution is 2.18. The van der Waals surface area contributed by atoms with E-state index in [-0.39, 0.29) is 17.1 Å². The smallest absolute Gasteiger partial charge is 0.273 e. The second-order valence-corrected chi connectivity index (χ2v) is 3.97. The van der Waals surface area contributed by atoms with Gasteiger partial charge in [-0.25, -0.2) is 4.39 Å². The average molecular weight is 277 g/mol. The Kier molecular flexibility index (Phi) is 3.65. The van der Waals surface area contributed by atoms with Gasteiger partial charge in [-0.1, -0.05) is 5.16 Å². The van der Waals surface area contributed by atoms with Gasteiger partial charge in [0.1, 0.15) is 11.5 Å². The molecule has 0 aliphatic rings. The molecular formula is C12H12FN5O2. The summed E-state index contributed by atoms with van der Waals surface area (Å²) in [5.41, 5.74) is 6.09. The minimum absolute atomic E-state index is 0.0861. The van der Waals surface area contributed by atoms with Crippen LogP contribution < -0.4 is 11.1 Å². The first-order chi connectivity index (χ1) is 9.52. The Hall–Kier alpha value is -2.90. The van der Waals surface area contributed by atoms with E-state index in [1.165, 1.54) is 23.0 Å². The molecule has 0 radical (unpaired) electrons. The zero-order valence-corrected chi connectivity index (χ0v) is 10.5. The summed E-state index contributed by atoms with van der Waals surface area (Å²) in [4.78, 5) is 12.0. The van der Waals surface area contributed by atoms with Crippen LogP contribution in [0.2, 0.25) is 0 Å². The van der Waals surface area contributed by atoms with Crippen LogP contribution in [0.3, 0.4) is 0 Å². The number of aryl methyl sites for hydroxylation is 1. The lowest BCUT2D eigenvalue weighted by Gasteiger charge is -2.10. The highest BCUT2D eigenvalue weighted by atomic mass is 19.1. The molecular weight excluding hydrogens is 265 g/mol. The van der Waals surface area contributed by atoms with E-state index < -0.39 is 11.7 Å². The standard InChI is InChI=1S/C12H12FN5O2/c1-18-10(4-5-15-18)12(19)16-9-3-2-7(13)6-8(9)11(14)17-20/h2-6,20H,1H3,(H2,14,17)(H,16,19). The fraction of sp³-hybridized carbons (Fsp3) is 0.0833. The van der Waals surface area contributed by atoms with Gasteiger partial charge in [-0.15, -0.1) is 0 Å². The fourth-order valence-corrected chi connectivity index (χ4v) is 1.67. The Morgan fingerprint density at radius 3 is 2.85 bits per heavy atom. The Bertz CT molecular complexity index is 680.